The van der Waals surface area contributed by atoms with Crippen molar-refractivity contribution in [3.8, 4) is 11.1 Å². The lowest BCUT2D eigenvalue weighted by molar-refractivity contribution is -0.117. The quantitative estimate of drug-likeness (QED) is 0.786. The molecule has 1 aromatic carbocycles. The van der Waals surface area contributed by atoms with E-state index in [1.165, 1.54) is 24.9 Å². The van der Waals surface area contributed by atoms with Crippen LogP contribution in [0.1, 0.15) is 30.6 Å². The summed E-state index contributed by atoms with van der Waals surface area (Å²) in [7, 11) is 1.36. The molecule has 0 saturated carbocycles. The van der Waals surface area contributed by atoms with Gasteiger partial charge in [0.25, 0.3) is 0 Å². The van der Waals surface area contributed by atoms with Crippen LogP contribution in [0.5, 0.6) is 0 Å². The molecule has 1 amide bonds. The summed E-state index contributed by atoms with van der Waals surface area (Å²) in [5.74, 6) is 0.658. The van der Waals surface area contributed by atoms with Crippen LogP contribution in [0.15, 0.2) is 35.7 Å². The monoisotopic (exact) mass is 386 g/mol. The number of thiophene rings is 1. The summed E-state index contributed by atoms with van der Waals surface area (Å²) in [6.07, 6.45) is 1.20. The van der Waals surface area contributed by atoms with Gasteiger partial charge in [0.2, 0.25) is 5.91 Å². The van der Waals surface area contributed by atoms with Crippen LogP contribution >= 0.6 is 11.3 Å². The molecule has 1 fully saturated rings. The third-order valence-electron chi connectivity index (χ3n) is 4.83. The molecule has 0 bridgehead atoms. The number of anilines is 1. The van der Waals surface area contributed by atoms with Crippen molar-refractivity contribution in [2.24, 2.45) is 11.8 Å². The Kier molecular flexibility index (Phi) is 6.29. The summed E-state index contributed by atoms with van der Waals surface area (Å²) in [5, 5.41) is 5.37. The third-order valence-corrected chi connectivity index (χ3v) is 5.73. The molecule has 0 aliphatic carbocycles. The van der Waals surface area contributed by atoms with E-state index in [0.29, 0.717) is 28.9 Å². The summed E-state index contributed by atoms with van der Waals surface area (Å²) in [6, 6.07) is 9.65. The van der Waals surface area contributed by atoms with Gasteiger partial charge in [0.15, 0.2) is 0 Å². The molecule has 2 atom stereocenters. The molecule has 5 nitrogen and oxygen atoms in total. The van der Waals surface area contributed by atoms with Gasteiger partial charge in [-0.05, 0) is 23.8 Å². The fourth-order valence-electron chi connectivity index (χ4n) is 3.88. The number of benzene rings is 1. The van der Waals surface area contributed by atoms with Gasteiger partial charge in [-0.3, -0.25) is 9.69 Å². The fraction of sp³-hybridized carbons (Fsp3) is 0.429. The van der Waals surface area contributed by atoms with Crippen molar-refractivity contribution in [1.29, 1.82) is 0 Å². The van der Waals surface area contributed by atoms with Crippen LogP contribution in [0.4, 0.5) is 5.00 Å². The minimum atomic E-state index is -0.439. The van der Waals surface area contributed by atoms with Gasteiger partial charge in [-0.15, -0.1) is 11.3 Å². The Bertz CT molecular complexity index is 793. The molecule has 3 rings (SSSR count). The summed E-state index contributed by atoms with van der Waals surface area (Å²) < 4.78 is 4.96. The number of carbonyl (C=O) groups is 2. The first-order valence-corrected chi connectivity index (χ1v) is 10.1. The number of esters is 1. The highest BCUT2D eigenvalue weighted by atomic mass is 32.1. The largest absolute Gasteiger partial charge is 0.465 e. The number of ether oxygens (including phenoxy) is 1. The zero-order chi connectivity index (χ0) is 19.4. The van der Waals surface area contributed by atoms with E-state index in [0.717, 1.165) is 24.2 Å². The Hall–Kier alpha value is -2.18. The Morgan fingerprint density at radius 1 is 1.19 bits per heavy atom. The van der Waals surface area contributed by atoms with Gasteiger partial charge in [0, 0.05) is 24.0 Å². The smallest absolute Gasteiger partial charge is 0.341 e. The lowest BCUT2D eigenvalue weighted by Gasteiger charge is -2.34. The summed E-state index contributed by atoms with van der Waals surface area (Å²) in [6.45, 7) is 6.65. The highest BCUT2D eigenvalue weighted by Crippen LogP contribution is 2.36. The highest BCUT2D eigenvalue weighted by molar-refractivity contribution is 7.15. The summed E-state index contributed by atoms with van der Waals surface area (Å²) in [4.78, 5) is 27.2. The SMILES string of the molecule is COC(=O)c1c(-c2ccccc2)csc1NC(=O)CN1CC(C)CC(C)C1. The Labute approximate surface area is 164 Å². The number of nitrogens with one attached hydrogen (secondary N) is 1. The second-order valence-corrected chi connectivity index (χ2v) is 8.28. The van der Waals surface area contributed by atoms with Gasteiger partial charge in [-0.2, -0.15) is 0 Å². The van der Waals surface area contributed by atoms with Crippen molar-refractivity contribution < 1.29 is 14.3 Å². The average molecular weight is 387 g/mol. The molecule has 1 saturated heterocycles. The molecule has 0 radical (unpaired) electrons. The molecule has 1 aliphatic rings. The standard InChI is InChI=1S/C21H26N2O3S/c1-14-9-15(2)11-23(10-14)12-18(24)22-20-19(21(25)26-3)17(13-27-20)16-7-5-4-6-8-16/h4-8,13-15H,9-12H2,1-3H3,(H,22,24). The van der Waals surface area contributed by atoms with Gasteiger partial charge in [-0.25, -0.2) is 4.79 Å². The van der Waals surface area contributed by atoms with Crippen molar-refractivity contribution in [1.82, 2.24) is 4.90 Å². The van der Waals surface area contributed by atoms with E-state index in [4.69, 9.17) is 4.74 Å². The molecule has 2 heterocycles. The van der Waals surface area contributed by atoms with E-state index < -0.39 is 5.97 Å². The van der Waals surface area contributed by atoms with E-state index in [1.807, 2.05) is 35.7 Å². The van der Waals surface area contributed by atoms with Crippen molar-refractivity contribution in [3.63, 3.8) is 0 Å². The number of piperidine rings is 1. The summed E-state index contributed by atoms with van der Waals surface area (Å²) in [5.41, 5.74) is 2.12. The first kappa shape index (κ1) is 19.6. The number of methoxy groups -OCH3 is 1. The number of carbonyl (C=O) groups excluding carboxylic acids is 2. The highest BCUT2D eigenvalue weighted by Gasteiger charge is 2.25. The molecule has 1 N–H and O–H groups in total. The van der Waals surface area contributed by atoms with Crippen LogP contribution in [0, 0.1) is 11.8 Å². The van der Waals surface area contributed by atoms with Crippen LogP contribution in [0.2, 0.25) is 0 Å². The zero-order valence-electron chi connectivity index (χ0n) is 16.0. The van der Waals surface area contributed by atoms with E-state index in [9.17, 15) is 9.59 Å². The van der Waals surface area contributed by atoms with E-state index in [2.05, 4.69) is 24.1 Å². The van der Waals surface area contributed by atoms with Crippen molar-refractivity contribution in [3.05, 3.63) is 41.3 Å². The van der Waals surface area contributed by atoms with Crippen LogP contribution in [-0.4, -0.2) is 43.5 Å². The van der Waals surface area contributed by atoms with Gasteiger partial charge in [-0.1, -0.05) is 44.2 Å². The number of nitrogens with zero attached hydrogens (tertiary/aromatic N) is 1. The molecule has 2 unspecified atom stereocenters. The Balaban J connectivity index is 1.77. The van der Waals surface area contributed by atoms with Crippen LogP contribution < -0.4 is 5.32 Å². The molecule has 27 heavy (non-hydrogen) atoms. The maximum absolute atomic E-state index is 12.6. The minimum Gasteiger partial charge on any atom is -0.465 e. The number of hydrogen-bond donors (Lipinski definition) is 1. The van der Waals surface area contributed by atoms with Crippen molar-refractivity contribution in [2.75, 3.05) is 32.1 Å². The number of hydrogen-bond acceptors (Lipinski definition) is 5. The predicted molar refractivity (Wildman–Crippen MR) is 109 cm³/mol. The van der Waals surface area contributed by atoms with Crippen LogP contribution in [0.3, 0.4) is 0 Å². The molecular weight excluding hydrogens is 360 g/mol. The van der Waals surface area contributed by atoms with Gasteiger partial charge in [0.05, 0.1) is 13.7 Å². The van der Waals surface area contributed by atoms with Gasteiger partial charge >= 0.3 is 5.97 Å². The van der Waals surface area contributed by atoms with Crippen molar-refractivity contribution >= 4 is 28.2 Å². The molecule has 6 heteroatoms. The zero-order valence-corrected chi connectivity index (χ0v) is 16.8. The maximum Gasteiger partial charge on any atom is 0.341 e. The van der Waals surface area contributed by atoms with Gasteiger partial charge < -0.3 is 10.1 Å². The fourth-order valence-corrected chi connectivity index (χ4v) is 4.85. The molecule has 144 valence electrons. The molecule has 2 aromatic rings. The predicted octanol–water partition coefficient (Wildman–Crippen LogP) is 4.12. The average Bonchev–Trinajstić information content (AvgIpc) is 3.04. The lowest BCUT2D eigenvalue weighted by Crippen LogP contribution is -2.42. The lowest BCUT2D eigenvalue weighted by atomic mass is 9.92. The normalized spacial score (nSPS) is 20.3. The second-order valence-electron chi connectivity index (χ2n) is 7.40. The van der Waals surface area contributed by atoms with Crippen molar-refractivity contribution in [2.45, 2.75) is 20.3 Å². The van der Waals surface area contributed by atoms with Crippen LogP contribution in [-0.2, 0) is 9.53 Å². The molecular formula is C21H26N2O3S. The number of likely N-dealkylation sites (tertiary alicyclic amines) is 1. The Morgan fingerprint density at radius 2 is 1.85 bits per heavy atom. The molecule has 0 spiro atoms. The second kappa shape index (κ2) is 8.67. The topological polar surface area (TPSA) is 58.6 Å². The maximum atomic E-state index is 12.6. The van der Waals surface area contributed by atoms with Gasteiger partial charge in [0.1, 0.15) is 10.6 Å². The molecule has 1 aromatic heterocycles. The Morgan fingerprint density at radius 3 is 2.48 bits per heavy atom. The first-order valence-electron chi connectivity index (χ1n) is 9.25. The summed E-state index contributed by atoms with van der Waals surface area (Å²) >= 11 is 1.35. The molecule has 1 aliphatic heterocycles. The van der Waals surface area contributed by atoms with E-state index in [-0.39, 0.29) is 5.91 Å². The van der Waals surface area contributed by atoms with E-state index in [1.54, 1.807) is 0 Å². The van der Waals surface area contributed by atoms with E-state index >= 15 is 0 Å². The first-order chi connectivity index (χ1) is 13.0. The number of rotatable bonds is 5. The number of amides is 1. The minimum absolute atomic E-state index is 0.0945. The third kappa shape index (κ3) is 4.76. The van der Waals surface area contributed by atoms with Crippen LogP contribution in [0.25, 0.3) is 11.1 Å².